The molecule has 12 nitrogen and oxygen atoms in total. The van der Waals surface area contributed by atoms with E-state index < -0.39 is 11.7 Å². The molecule has 2 aromatic heterocycles. The Kier molecular flexibility index (Phi) is 15.3. The Morgan fingerprint density at radius 3 is 1.55 bits per heavy atom. The van der Waals surface area contributed by atoms with Gasteiger partial charge in [0.1, 0.15) is 16.8 Å². The second-order valence-corrected chi connectivity index (χ2v) is 14.5. The molecule has 2 unspecified atom stereocenters. The first-order valence-corrected chi connectivity index (χ1v) is 18.2. The predicted octanol–water partition coefficient (Wildman–Crippen LogP) is 9.28. The summed E-state index contributed by atoms with van der Waals surface area (Å²) in [5.41, 5.74) is 12.2. The second-order valence-electron chi connectivity index (χ2n) is 14.5. The molecule has 0 spiro atoms. The quantitative estimate of drug-likeness (QED) is 0.0760. The summed E-state index contributed by atoms with van der Waals surface area (Å²) < 4.78 is 16.5. The number of benzene rings is 4. The molecule has 6 rings (SSSR count). The van der Waals surface area contributed by atoms with Crippen LogP contribution < -0.4 is 32.3 Å². The molecule has 56 heavy (non-hydrogen) atoms. The molecule has 0 aliphatic rings. The minimum Gasteiger partial charge on any atom is -0.464 e. The highest BCUT2D eigenvalue weighted by Crippen LogP contribution is 2.27. The Labute approximate surface area is 333 Å². The van der Waals surface area contributed by atoms with Crippen LogP contribution in [0.2, 0.25) is 0 Å². The number of nitrogens with two attached hydrogens (primary N) is 1. The zero-order valence-electron chi connectivity index (χ0n) is 32.3. The number of anilines is 2. The Bertz CT molecular complexity index is 2180. The van der Waals surface area contributed by atoms with Gasteiger partial charge in [0.2, 0.25) is 0 Å². The van der Waals surface area contributed by atoms with Crippen LogP contribution in [0.25, 0.3) is 21.9 Å². The van der Waals surface area contributed by atoms with E-state index in [2.05, 4.69) is 26.6 Å². The van der Waals surface area contributed by atoms with Crippen molar-refractivity contribution in [2.24, 2.45) is 5.73 Å². The van der Waals surface area contributed by atoms with Gasteiger partial charge in [-0.25, -0.2) is 14.4 Å². The first-order valence-electron chi connectivity index (χ1n) is 18.2. The Hall–Kier alpha value is -5.98. The molecule has 4 aromatic carbocycles. The van der Waals surface area contributed by atoms with Gasteiger partial charge in [0.15, 0.2) is 0 Å². The minimum atomic E-state index is -0.560. The lowest BCUT2D eigenvalue weighted by Crippen LogP contribution is -2.38. The summed E-state index contributed by atoms with van der Waals surface area (Å²) in [4.78, 5) is 36.5. The van der Waals surface area contributed by atoms with E-state index in [4.69, 9.17) is 19.3 Å². The first kappa shape index (κ1) is 42.8. The number of carbonyl (C=O) groups excluding carboxylic acids is 3. The third-order valence-corrected chi connectivity index (χ3v) is 8.19. The smallest absolute Gasteiger partial charge is 0.407 e. The minimum absolute atomic E-state index is 0. The maximum Gasteiger partial charge on any atom is 0.407 e. The van der Waals surface area contributed by atoms with Gasteiger partial charge in [0, 0.05) is 47.3 Å². The Balaban J connectivity index is 0.000000252. The lowest BCUT2D eigenvalue weighted by atomic mass is 10.0. The topological polar surface area (TPSA) is 173 Å². The van der Waals surface area contributed by atoms with Crippen molar-refractivity contribution in [2.75, 3.05) is 10.6 Å². The molecule has 0 saturated heterocycles. The van der Waals surface area contributed by atoms with Crippen LogP contribution in [0.4, 0.5) is 25.8 Å². The van der Waals surface area contributed by atoms with Gasteiger partial charge in [-0.05, 0) is 106 Å². The van der Waals surface area contributed by atoms with Gasteiger partial charge in [0.05, 0.1) is 12.5 Å². The van der Waals surface area contributed by atoms with Crippen molar-refractivity contribution < 1.29 is 28.0 Å². The summed E-state index contributed by atoms with van der Waals surface area (Å²) in [5, 5.41) is 16.1. The molecule has 0 fully saturated rings. The molecule has 2 heterocycles. The molecule has 296 valence electrons. The van der Waals surface area contributed by atoms with Crippen molar-refractivity contribution >= 4 is 63.9 Å². The number of urea groups is 2. The molecule has 2 atom stereocenters. The molecule has 5 amide bonds. The van der Waals surface area contributed by atoms with Gasteiger partial charge in [-0.2, -0.15) is 0 Å². The number of halogens is 1. The van der Waals surface area contributed by atoms with Crippen molar-refractivity contribution in [3.8, 4) is 0 Å². The van der Waals surface area contributed by atoms with Gasteiger partial charge in [0.25, 0.3) is 0 Å². The summed E-state index contributed by atoms with van der Waals surface area (Å²) in [5.74, 6) is 0. The van der Waals surface area contributed by atoms with Crippen LogP contribution in [0.1, 0.15) is 56.9 Å². The number of hydrogen-bond acceptors (Lipinski definition) is 7. The molecular weight excluding hydrogens is 732 g/mol. The second kappa shape index (κ2) is 20.1. The molecule has 0 aliphatic carbocycles. The molecule has 0 radical (unpaired) electrons. The summed E-state index contributed by atoms with van der Waals surface area (Å²) in [6.45, 7) is 10.2. The van der Waals surface area contributed by atoms with Gasteiger partial charge in [-0.15, -0.1) is 12.4 Å². The number of ether oxygens (including phenoxy) is 1. The van der Waals surface area contributed by atoms with Gasteiger partial charge < -0.3 is 45.9 Å². The lowest BCUT2D eigenvalue weighted by molar-refractivity contribution is 0.0508. The van der Waals surface area contributed by atoms with Crippen LogP contribution in [0.3, 0.4) is 0 Å². The standard InChI is InChI=1S/C24H29N3O4.C19H21N3O2.ClH/c1-16(26-23(29)31-24(2,3)4)12-19-14-20(13-18-10-11-30-21(18)19)27-22(28)25-15-17-8-6-5-7-9-17;1-13(20)9-16-11-17(10-15-7-8-24-18(15)16)22-19(23)21-12-14-5-3-2-4-6-14;/h5-11,13-14,16H,12,15H2,1-4H3,(H,26,29)(H2,25,27,28);2-8,10-11,13H,9,12,20H2,1H3,(H2,21,22,23);1H. The normalized spacial score (nSPS) is 12.0. The van der Waals surface area contributed by atoms with Crippen LogP contribution >= 0.6 is 12.4 Å². The zero-order valence-corrected chi connectivity index (χ0v) is 33.1. The highest BCUT2D eigenvalue weighted by Gasteiger charge is 2.19. The van der Waals surface area contributed by atoms with E-state index in [-0.39, 0.29) is 36.6 Å². The van der Waals surface area contributed by atoms with E-state index in [0.717, 1.165) is 49.9 Å². The number of alkyl carbamates (subject to hydrolysis) is 1. The highest BCUT2D eigenvalue weighted by atomic mass is 35.5. The van der Waals surface area contributed by atoms with Crippen LogP contribution in [-0.4, -0.2) is 35.8 Å². The van der Waals surface area contributed by atoms with Crippen molar-refractivity contribution in [1.82, 2.24) is 16.0 Å². The molecular formula is C43H51ClN6O6. The fraction of sp³-hybridized carbons (Fsp3) is 0.279. The molecule has 13 heteroatoms. The monoisotopic (exact) mass is 782 g/mol. The summed E-state index contributed by atoms with van der Waals surface area (Å²) in [6.07, 6.45) is 3.99. The van der Waals surface area contributed by atoms with Gasteiger partial charge >= 0.3 is 18.2 Å². The van der Waals surface area contributed by atoms with E-state index >= 15 is 0 Å². The lowest BCUT2D eigenvalue weighted by Gasteiger charge is -2.22. The van der Waals surface area contributed by atoms with Crippen molar-refractivity contribution in [3.63, 3.8) is 0 Å². The van der Waals surface area contributed by atoms with Crippen LogP contribution in [0.15, 0.2) is 118 Å². The average Bonchev–Trinajstić information content (AvgIpc) is 3.80. The van der Waals surface area contributed by atoms with E-state index in [1.54, 1.807) is 12.5 Å². The molecule has 0 aliphatic heterocycles. The molecule has 6 aromatic rings. The fourth-order valence-corrected chi connectivity index (χ4v) is 5.90. The first-order chi connectivity index (χ1) is 26.3. The van der Waals surface area contributed by atoms with E-state index in [1.807, 2.05) is 132 Å². The molecule has 0 bridgehead atoms. The third kappa shape index (κ3) is 13.4. The number of rotatable bonds is 11. The number of hydrogen-bond donors (Lipinski definition) is 6. The van der Waals surface area contributed by atoms with Crippen molar-refractivity contribution in [2.45, 2.75) is 78.2 Å². The summed E-state index contributed by atoms with van der Waals surface area (Å²) >= 11 is 0. The third-order valence-electron chi connectivity index (χ3n) is 8.19. The SMILES string of the molecule is CC(Cc1cc(NC(=O)NCc2ccccc2)cc2ccoc12)NC(=O)OC(C)(C)C.CC(N)Cc1cc(NC(=O)NCc2ccccc2)cc2ccoc12.Cl. The highest BCUT2D eigenvalue weighted by molar-refractivity contribution is 5.94. The zero-order chi connectivity index (χ0) is 39.4. The van der Waals surface area contributed by atoms with E-state index in [9.17, 15) is 14.4 Å². The van der Waals surface area contributed by atoms with Crippen LogP contribution in [0.5, 0.6) is 0 Å². The number of furan rings is 2. The number of carbonyl (C=O) groups is 3. The van der Waals surface area contributed by atoms with Crippen LogP contribution in [-0.2, 0) is 30.7 Å². The Morgan fingerprint density at radius 1 is 0.679 bits per heavy atom. The maximum atomic E-state index is 12.4. The fourth-order valence-electron chi connectivity index (χ4n) is 5.90. The average molecular weight is 783 g/mol. The Morgan fingerprint density at radius 2 is 1.12 bits per heavy atom. The largest absolute Gasteiger partial charge is 0.464 e. The van der Waals surface area contributed by atoms with Crippen LogP contribution in [0, 0.1) is 0 Å². The van der Waals surface area contributed by atoms with Crippen molar-refractivity contribution in [1.29, 1.82) is 0 Å². The summed E-state index contributed by atoms with van der Waals surface area (Å²) in [7, 11) is 0. The maximum absolute atomic E-state index is 12.4. The summed E-state index contributed by atoms with van der Waals surface area (Å²) in [6, 6.07) is 30.0. The predicted molar refractivity (Wildman–Crippen MR) is 224 cm³/mol. The number of fused-ring (bicyclic) bond motifs is 2. The molecule has 0 saturated carbocycles. The van der Waals surface area contributed by atoms with Gasteiger partial charge in [-0.3, -0.25) is 0 Å². The van der Waals surface area contributed by atoms with Gasteiger partial charge in [-0.1, -0.05) is 60.7 Å². The number of amides is 5. The van der Waals surface area contributed by atoms with E-state index in [0.29, 0.717) is 31.6 Å². The van der Waals surface area contributed by atoms with Crippen molar-refractivity contribution in [3.05, 3.63) is 132 Å². The van der Waals surface area contributed by atoms with E-state index in [1.165, 1.54) is 0 Å². The molecule has 7 N–H and O–H groups in total. The number of nitrogens with one attached hydrogen (secondary N) is 5.